The van der Waals surface area contributed by atoms with Gasteiger partial charge in [0.15, 0.2) is 0 Å². The van der Waals surface area contributed by atoms with Gasteiger partial charge >= 0.3 is 0 Å². The zero-order chi connectivity index (χ0) is 24.5. The van der Waals surface area contributed by atoms with E-state index in [9.17, 15) is 9.18 Å². The number of pyridine rings is 1. The first-order valence-corrected chi connectivity index (χ1v) is 10.9. The summed E-state index contributed by atoms with van der Waals surface area (Å²) in [6.07, 6.45) is 5.15. The Bertz CT molecular complexity index is 1190. The van der Waals surface area contributed by atoms with Crippen molar-refractivity contribution >= 4 is 17.4 Å². The van der Waals surface area contributed by atoms with Crippen LogP contribution in [-0.2, 0) is 11.3 Å². The number of likely N-dealkylation sites (N-methyl/N-ethyl adjacent to an activating group) is 1. The fourth-order valence-corrected chi connectivity index (χ4v) is 3.38. The smallest absolute Gasteiger partial charge is 0.246 e. The molecule has 176 valence electrons. The lowest BCUT2D eigenvalue weighted by atomic mass is 10.0. The molecule has 34 heavy (non-hydrogen) atoms. The highest BCUT2D eigenvalue weighted by molar-refractivity contribution is 5.95. The number of ether oxygens (including phenoxy) is 1. The van der Waals surface area contributed by atoms with Crippen molar-refractivity contribution in [1.29, 1.82) is 0 Å². The van der Waals surface area contributed by atoms with Crippen LogP contribution in [0.1, 0.15) is 23.6 Å². The van der Waals surface area contributed by atoms with Gasteiger partial charge in [-0.25, -0.2) is 9.37 Å². The van der Waals surface area contributed by atoms with Gasteiger partial charge in [0.25, 0.3) is 0 Å². The molecule has 3 rings (SSSR count). The average molecular weight is 461 g/mol. The summed E-state index contributed by atoms with van der Waals surface area (Å²) in [6.45, 7) is 8.38. The molecule has 0 aliphatic rings. The molecule has 1 aromatic heterocycles. The number of carbonyl (C=O) groups excluding carboxylic acids is 1. The zero-order valence-corrected chi connectivity index (χ0v) is 19.6. The van der Waals surface area contributed by atoms with Crippen molar-refractivity contribution in [2.75, 3.05) is 12.4 Å². The normalized spacial score (nSPS) is 11.8. The number of rotatable bonds is 10. The molecule has 0 fully saturated rings. The number of nitrogens with zero attached hydrogens (tertiary/aromatic N) is 1. The minimum atomic E-state index is -0.457. The Balaban J connectivity index is 1.70. The third-order valence-electron chi connectivity index (χ3n) is 5.19. The lowest BCUT2D eigenvalue weighted by molar-refractivity contribution is -0.117. The molecule has 0 spiro atoms. The summed E-state index contributed by atoms with van der Waals surface area (Å²) in [6, 6.07) is 15.1. The number of allylic oxidation sites excluding steroid dienone is 1. The second kappa shape index (κ2) is 11.8. The number of hydrogen-bond acceptors (Lipinski definition) is 5. The van der Waals surface area contributed by atoms with Crippen LogP contribution in [0.25, 0.3) is 5.70 Å². The molecule has 1 unspecified atom stereocenters. The van der Waals surface area contributed by atoms with E-state index < -0.39 is 6.04 Å². The molecule has 0 aliphatic carbocycles. The van der Waals surface area contributed by atoms with E-state index >= 15 is 0 Å². The number of halogens is 1. The number of anilines is 1. The Morgan fingerprint density at radius 2 is 2.00 bits per heavy atom. The Morgan fingerprint density at radius 1 is 1.21 bits per heavy atom. The summed E-state index contributed by atoms with van der Waals surface area (Å²) >= 11 is 0. The predicted molar refractivity (Wildman–Crippen MR) is 134 cm³/mol. The molecule has 0 saturated carbocycles. The van der Waals surface area contributed by atoms with Crippen molar-refractivity contribution in [3.63, 3.8) is 0 Å². The fourth-order valence-electron chi connectivity index (χ4n) is 3.38. The molecule has 3 aromatic rings. The molecule has 1 atom stereocenters. The van der Waals surface area contributed by atoms with E-state index in [0.717, 1.165) is 16.7 Å². The van der Waals surface area contributed by atoms with Crippen molar-refractivity contribution in [2.24, 2.45) is 0 Å². The second-order valence-corrected chi connectivity index (χ2v) is 7.65. The van der Waals surface area contributed by atoms with Crippen LogP contribution in [0.4, 0.5) is 10.2 Å². The molecule has 1 heterocycles. The molecule has 6 nitrogen and oxygen atoms in total. The second-order valence-electron chi connectivity index (χ2n) is 7.65. The Labute approximate surface area is 199 Å². The molecule has 3 N–H and O–H groups in total. The average Bonchev–Trinajstić information content (AvgIpc) is 2.82. The Morgan fingerprint density at radius 3 is 2.74 bits per heavy atom. The standard InChI is InChI=1S/C27H29FN4O2/c1-5-8-24(29-4)27(33)32-26-16-22(13-14-30-26)34-25-12-7-11-23(18(25)2)19(3)31-17-20-9-6-10-21(28)15-20/h5-16,24,29,31H,3,17H2,1-2,4H3,(H,30,32,33)/b8-5-. The maximum atomic E-state index is 13.4. The first-order valence-electron chi connectivity index (χ1n) is 10.9. The van der Waals surface area contributed by atoms with Crippen molar-refractivity contribution in [2.45, 2.75) is 26.4 Å². The molecule has 0 saturated heterocycles. The summed E-state index contributed by atoms with van der Waals surface area (Å²) in [4.78, 5) is 16.6. The topological polar surface area (TPSA) is 75.3 Å². The molecule has 0 aliphatic heterocycles. The maximum absolute atomic E-state index is 13.4. The quantitative estimate of drug-likeness (QED) is 0.363. The van der Waals surface area contributed by atoms with Crippen LogP contribution in [0.15, 0.2) is 79.5 Å². The van der Waals surface area contributed by atoms with Crippen LogP contribution in [0.2, 0.25) is 0 Å². The molecule has 0 bridgehead atoms. The SMILES string of the molecule is C=C(NCc1cccc(F)c1)c1cccc(Oc2ccnc(NC(=O)C(/C=C\C)NC)c2)c1C. The van der Waals surface area contributed by atoms with Gasteiger partial charge in [0.1, 0.15) is 29.2 Å². The molecular weight excluding hydrogens is 431 g/mol. The van der Waals surface area contributed by atoms with E-state index in [-0.39, 0.29) is 11.7 Å². The van der Waals surface area contributed by atoms with Gasteiger partial charge in [-0.3, -0.25) is 4.79 Å². The highest BCUT2D eigenvalue weighted by atomic mass is 19.1. The van der Waals surface area contributed by atoms with Crippen LogP contribution in [0, 0.1) is 12.7 Å². The predicted octanol–water partition coefficient (Wildman–Crippen LogP) is 5.18. The summed E-state index contributed by atoms with van der Waals surface area (Å²) in [7, 11) is 1.72. The van der Waals surface area contributed by atoms with Crippen molar-refractivity contribution in [3.05, 3.63) is 102 Å². The summed E-state index contributed by atoms with van der Waals surface area (Å²) in [5.74, 6) is 1.09. The van der Waals surface area contributed by atoms with E-state index in [2.05, 4.69) is 27.5 Å². The summed E-state index contributed by atoms with van der Waals surface area (Å²) < 4.78 is 19.5. The van der Waals surface area contributed by atoms with Crippen LogP contribution in [0.3, 0.4) is 0 Å². The molecule has 1 amide bonds. The van der Waals surface area contributed by atoms with Crippen LogP contribution in [-0.4, -0.2) is 24.0 Å². The van der Waals surface area contributed by atoms with Gasteiger partial charge in [-0.05, 0) is 50.7 Å². The minimum absolute atomic E-state index is 0.218. The van der Waals surface area contributed by atoms with Crippen molar-refractivity contribution in [3.8, 4) is 11.5 Å². The zero-order valence-electron chi connectivity index (χ0n) is 19.6. The van der Waals surface area contributed by atoms with Gasteiger partial charge in [-0.1, -0.05) is 43.0 Å². The lowest BCUT2D eigenvalue weighted by Gasteiger charge is -2.16. The van der Waals surface area contributed by atoms with Gasteiger partial charge in [0.2, 0.25) is 5.91 Å². The minimum Gasteiger partial charge on any atom is -0.457 e. The van der Waals surface area contributed by atoms with E-state index in [1.807, 2.05) is 44.2 Å². The van der Waals surface area contributed by atoms with Crippen molar-refractivity contribution < 1.29 is 13.9 Å². The number of benzene rings is 2. The van der Waals surface area contributed by atoms with Gasteiger partial charge < -0.3 is 20.7 Å². The number of amides is 1. The van der Waals surface area contributed by atoms with Crippen molar-refractivity contribution in [1.82, 2.24) is 15.6 Å². The number of hydrogen-bond donors (Lipinski definition) is 3. The van der Waals surface area contributed by atoms with E-state index in [0.29, 0.717) is 29.6 Å². The molecular formula is C27H29FN4O2. The number of aromatic nitrogens is 1. The number of carbonyl (C=O) groups is 1. The first kappa shape index (κ1) is 24.7. The highest BCUT2D eigenvalue weighted by Gasteiger charge is 2.14. The fraction of sp³-hybridized carbons (Fsp3) is 0.185. The third-order valence-corrected chi connectivity index (χ3v) is 5.19. The maximum Gasteiger partial charge on any atom is 0.246 e. The van der Waals surface area contributed by atoms with Gasteiger partial charge in [-0.2, -0.15) is 0 Å². The monoisotopic (exact) mass is 460 g/mol. The third kappa shape index (κ3) is 6.52. The van der Waals surface area contributed by atoms with Gasteiger partial charge in [0.05, 0.1) is 0 Å². The molecule has 2 aromatic carbocycles. The van der Waals surface area contributed by atoms with Gasteiger partial charge in [0, 0.05) is 35.6 Å². The summed E-state index contributed by atoms with van der Waals surface area (Å²) in [5, 5.41) is 8.97. The largest absolute Gasteiger partial charge is 0.457 e. The van der Waals surface area contributed by atoms with Crippen LogP contribution in [0.5, 0.6) is 11.5 Å². The molecule has 0 radical (unpaired) electrons. The molecule has 7 heteroatoms. The summed E-state index contributed by atoms with van der Waals surface area (Å²) in [5.41, 5.74) is 3.31. The van der Waals surface area contributed by atoms with E-state index in [1.54, 1.807) is 37.5 Å². The Hall–Kier alpha value is -3.97. The van der Waals surface area contributed by atoms with E-state index in [4.69, 9.17) is 4.74 Å². The number of nitrogens with one attached hydrogen (secondary N) is 3. The highest BCUT2D eigenvalue weighted by Crippen LogP contribution is 2.30. The van der Waals surface area contributed by atoms with Gasteiger partial charge in [-0.15, -0.1) is 0 Å². The van der Waals surface area contributed by atoms with Crippen LogP contribution >= 0.6 is 0 Å². The van der Waals surface area contributed by atoms with Crippen LogP contribution < -0.4 is 20.7 Å². The Kier molecular flexibility index (Phi) is 8.54. The lowest BCUT2D eigenvalue weighted by Crippen LogP contribution is -2.36. The first-order chi connectivity index (χ1) is 16.4. The van der Waals surface area contributed by atoms with E-state index in [1.165, 1.54) is 12.1 Å².